The number of nitrogens with zero attached hydrogens (tertiary/aromatic N) is 3. The molecule has 0 saturated heterocycles. The largest absolute Gasteiger partial charge is 0.435 e. The summed E-state index contributed by atoms with van der Waals surface area (Å²) in [4.78, 5) is 4.91. The Morgan fingerprint density at radius 3 is 1.88 bits per heavy atom. The van der Waals surface area contributed by atoms with E-state index in [0.29, 0.717) is 33.3 Å². The zero-order chi connectivity index (χ0) is 29.4. The minimum absolute atomic E-state index is 0.233. The molecule has 0 radical (unpaired) electrons. The maximum atomic E-state index is 13.6. The van der Waals surface area contributed by atoms with Crippen LogP contribution in [0.15, 0.2) is 54.6 Å². The zero-order valence-electron chi connectivity index (χ0n) is 22.8. The zero-order valence-corrected chi connectivity index (χ0v) is 22.8. The number of aromatic amines is 1. The number of hydrogen-bond donors (Lipinski definition) is 1. The van der Waals surface area contributed by atoms with Crippen LogP contribution >= 0.6 is 0 Å². The Morgan fingerprint density at radius 1 is 0.675 bits per heavy atom. The van der Waals surface area contributed by atoms with Gasteiger partial charge in [-0.25, -0.2) is 4.98 Å². The summed E-state index contributed by atoms with van der Waals surface area (Å²) in [7, 11) is 0. The smallest absolute Gasteiger partial charge is 0.294 e. The van der Waals surface area contributed by atoms with Crippen molar-refractivity contribution in [3.8, 4) is 5.82 Å². The van der Waals surface area contributed by atoms with Crippen LogP contribution in [0, 0.1) is 6.92 Å². The van der Waals surface area contributed by atoms with Crippen molar-refractivity contribution in [3.05, 3.63) is 88.4 Å². The molecule has 40 heavy (non-hydrogen) atoms. The van der Waals surface area contributed by atoms with Gasteiger partial charge in [-0.3, -0.25) is 9.67 Å². The Hall–Kier alpha value is -3.82. The predicted octanol–water partition coefficient (Wildman–Crippen LogP) is 8.87. The van der Waals surface area contributed by atoms with E-state index in [-0.39, 0.29) is 11.1 Å². The monoisotopic (exact) mass is 558 g/mol. The standard InChI is InChI=1S/C30H28F6N4/c1-16-7-9-21-19(11-16)20-12-17(29(31,32)33)8-10-22(20)40(21)26-14-18(27(2,3)4)13-23(37-26)28(5,6)24-15-25(39-38-24)30(34,35)36/h7-15H,1-6H3,(H,38,39). The van der Waals surface area contributed by atoms with E-state index in [1.165, 1.54) is 6.07 Å². The second-order valence-electron chi connectivity index (χ2n) is 11.7. The van der Waals surface area contributed by atoms with Gasteiger partial charge in [0.1, 0.15) is 5.82 Å². The lowest BCUT2D eigenvalue weighted by atomic mass is 9.81. The SMILES string of the molecule is Cc1ccc2c(c1)c1cc(C(F)(F)F)ccc1n2-c1cc(C(C)(C)C)cc(C(C)(C)c2cc(C(F)(F)F)n[nH]2)n1. The van der Waals surface area contributed by atoms with Crippen molar-refractivity contribution in [2.45, 2.75) is 64.7 Å². The van der Waals surface area contributed by atoms with Gasteiger partial charge in [-0.15, -0.1) is 0 Å². The first-order valence-electron chi connectivity index (χ1n) is 12.7. The van der Waals surface area contributed by atoms with E-state index >= 15 is 0 Å². The Morgan fingerprint density at radius 2 is 1.30 bits per heavy atom. The molecule has 1 N–H and O–H groups in total. The number of H-pyrrole nitrogens is 1. The van der Waals surface area contributed by atoms with Gasteiger partial charge in [0.05, 0.1) is 22.3 Å². The average molecular weight is 559 g/mol. The number of halogens is 6. The van der Waals surface area contributed by atoms with Gasteiger partial charge in [-0.1, -0.05) is 32.4 Å². The first-order valence-corrected chi connectivity index (χ1v) is 12.7. The van der Waals surface area contributed by atoms with Crippen molar-refractivity contribution in [2.75, 3.05) is 0 Å². The number of nitrogens with one attached hydrogen (secondary N) is 1. The fourth-order valence-corrected chi connectivity index (χ4v) is 4.87. The summed E-state index contributed by atoms with van der Waals surface area (Å²) in [6.45, 7) is 11.4. The van der Waals surface area contributed by atoms with Gasteiger partial charge in [0.2, 0.25) is 0 Å². The van der Waals surface area contributed by atoms with Crippen molar-refractivity contribution >= 4 is 21.8 Å². The molecule has 4 nitrogen and oxygen atoms in total. The van der Waals surface area contributed by atoms with Crippen LogP contribution in [0.1, 0.15) is 68.4 Å². The van der Waals surface area contributed by atoms with Crippen LogP contribution in [0.3, 0.4) is 0 Å². The Kier molecular flexibility index (Phi) is 6.13. The molecule has 2 aromatic carbocycles. The highest BCUT2D eigenvalue weighted by atomic mass is 19.4. The average Bonchev–Trinajstić information content (AvgIpc) is 3.46. The summed E-state index contributed by atoms with van der Waals surface area (Å²) in [6.07, 6.45) is -9.11. The molecule has 0 atom stereocenters. The van der Waals surface area contributed by atoms with Crippen LogP contribution in [0.4, 0.5) is 26.3 Å². The predicted molar refractivity (Wildman–Crippen MR) is 143 cm³/mol. The van der Waals surface area contributed by atoms with E-state index in [9.17, 15) is 26.3 Å². The number of aryl methyl sites for hydroxylation is 1. The number of alkyl halides is 6. The van der Waals surface area contributed by atoms with Crippen LogP contribution < -0.4 is 0 Å². The van der Waals surface area contributed by atoms with Crippen molar-refractivity contribution < 1.29 is 26.3 Å². The summed E-state index contributed by atoms with van der Waals surface area (Å²) in [5.74, 6) is 0.453. The van der Waals surface area contributed by atoms with Gasteiger partial charge in [0, 0.05) is 21.9 Å². The summed E-state index contributed by atoms with van der Waals surface area (Å²) in [6, 6.07) is 13.9. The molecular formula is C30H28F6N4. The lowest BCUT2D eigenvalue weighted by Crippen LogP contribution is -2.24. The lowest BCUT2D eigenvalue weighted by Gasteiger charge is -2.27. The van der Waals surface area contributed by atoms with Crippen LogP contribution in [-0.2, 0) is 23.2 Å². The highest BCUT2D eigenvalue weighted by Gasteiger charge is 2.37. The second kappa shape index (κ2) is 8.84. The minimum Gasteiger partial charge on any atom is -0.294 e. The molecule has 0 aliphatic carbocycles. The topological polar surface area (TPSA) is 46.5 Å². The van der Waals surface area contributed by atoms with E-state index in [2.05, 4.69) is 10.2 Å². The Bertz CT molecular complexity index is 1750. The number of pyridine rings is 1. The molecule has 0 bridgehead atoms. The molecule has 0 amide bonds. The third-order valence-corrected chi connectivity index (χ3v) is 7.34. The molecule has 0 aliphatic heterocycles. The van der Waals surface area contributed by atoms with Gasteiger partial charge in [0.25, 0.3) is 0 Å². The first kappa shape index (κ1) is 27.7. The van der Waals surface area contributed by atoms with E-state index < -0.39 is 29.0 Å². The van der Waals surface area contributed by atoms with E-state index in [1.54, 1.807) is 13.8 Å². The fourth-order valence-electron chi connectivity index (χ4n) is 4.87. The minimum atomic E-state index is -4.60. The van der Waals surface area contributed by atoms with E-state index in [0.717, 1.165) is 29.3 Å². The molecule has 5 rings (SSSR count). The molecule has 210 valence electrons. The molecule has 10 heteroatoms. The van der Waals surface area contributed by atoms with Crippen LogP contribution in [0.2, 0.25) is 0 Å². The third kappa shape index (κ3) is 4.73. The number of benzene rings is 2. The van der Waals surface area contributed by atoms with Gasteiger partial charge in [-0.05, 0) is 80.3 Å². The maximum absolute atomic E-state index is 13.6. The Labute approximate surface area is 227 Å². The van der Waals surface area contributed by atoms with Gasteiger partial charge in [-0.2, -0.15) is 31.4 Å². The number of hydrogen-bond acceptors (Lipinski definition) is 2. The van der Waals surface area contributed by atoms with Crippen LogP contribution in [-0.4, -0.2) is 19.7 Å². The molecule has 3 aromatic heterocycles. The summed E-state index contributed by atoms with van der Waals surface area (Å²) < 4.78 is 82.7. The molecule has 0 spiro atoms. The molecule has 3 heterocycles. The molecule has 0 saturated carbocycles. The van der Waals surface area contributed by atoms with Crippen molar-refractivity contribution in [1.29, 1.82) is 0 Å². The maximum Gasteiger partial charge on any atom is 0.435 e. The molecule has 0 fully saturated rings. The lowest BCUT2D eigenvalue weighted by molar-refractivity contribution is -0.141. The summed E-state index contributed by atoms with van der Waals surface area (Å²) in [5.41, 5.74) is 0.530. The second-order valence-corrected chi connectivity index (χ2v) is 11.7. The van der Waals surface area contributed by atoms with Gasteiger partial charge < -0.3 is 0 Å². The number of aromatic nitrogens is 4. The quantitative estimate of drug-likeness (QED) is 0.225. The van der Waals surface area contributed by atoms with E-state index in [1.807, 2.05) is 62.6 Å². The van der Waals surface area contributed by atoms with Crippen molar-refractivity contribution in [2.24, 2.45) is 0 Å². The number of fused-ring (bicyclic) bond motifs is 3. The molecule has 0 unspecified atom stereocenters. The summed E-state index contributed by atoms with van der Waals surface area (Å²) in [5, 5.41) is 7.07. The van der Waals surface area contributed by atoms with E-state index in [4.69, 9.17) is 4.98 Å². The van der Waals surface area contributed by atoms with Crippen LogP contribution in [0.25, 0.3) is 27.6 Å². The van der Waals surface area contributed by atoms with Crippen molar-refractivity contribution in [3.63, 3.8) is 0 Å². The highest BCUT2D eigenvalue weighted by molar-refractivity contribution is 6.09. The number of rotatable bonds is 3. The molecular weight excluding hydrogens is 530 g/mol. The third-order valence-electron chi connectivity index (χ3n) is 7.34. The molecule has 0 aliphatic rings. The molecule has 5 aromatic rings. The Balaban J connectivity index is 1.81. The summed E-state index contributed by atoms with van der Waals surface area (Å²) >= 11 is 0. The highest BCUT2D eigenvalue weighted by Crippen LogP contribution is 2.40. The first-order chi connectivity index (χ1) is 18.4. The van der Waals surface area contributed by atoms with Crippen molar-refractivity contribution in [1.82, 2.24) is 19.7 Å². The van der Waals surface area contributed by atoms with Gasteiger partial charge >= 0.3 is 12.4 Å². The van der Waals surface area contributed by atoms with Gasteiger partial charge in [0.15, 0.2) is 5.69 Å². The normalized spacial score (nSPS) is 13.5. The fraction of sp³-hybridized carbons (Fsp3) is 0.333. The van der Waals surface area contributed by atoms with Crippen LogP contribution in [0.5, 0.6) is 0 Å².